The normalized spacial score (nSPS) is 14.2. The van der Waals surface area contributed by atoms with Gasteiger partial charge in [-0.2, -0.15) is 5.26 Å². The van der Waals surface area contributed by atoms with Crippen molar-refractivity contribution in [1.82, 2.24) is 0 Å². The molecule has 1 aromatic carbocycles. The van der Waals surface area contributed by atoms with Crippen LogP contribution in [-0.2, 0) is 0 Å². The molecule has 0 saturated heterocycles. The molecule has 2 N–H and O–H groups in total. The van der Waals surface area contributed by atoms with Crippen LogP contribution in [0.25, 0.3) is 0 Å². The van der Waals surface area contributed by atoms with Crippen molar-refractivity contribution in [1.29, 1.82) is 5.26 Å². The summed E-state index contributed by atoms with van der Waals surface area (Å²) in [6.07, 6.45) is -1.49. The summed E-state index contributed by atoms with van der Waals surface area (Å²) in [7, 11) is 0. The van der Waals surface area contributed by atoms with Crippen LogP contribution in [0.4, 0.5) is 0 Å². The number of nitrogens with zero attached hydrogens (tertiary/aromatic N) is 1. The second-order valence-corrected chi connectivity index (χ2v) is 4.05. The largest absolute Gasteiger partial charge is 0.390 e. The van der Waals surface area contributed by atoms with E-state index in [1.807, 2.05) is 0 Å². The smallest absolute Gasteiger partial charge is 0.105 e. The first-order valence-corrected chi connectivity index (χ1v) is 5.56. The van der Waals surface area contributed by atoms with Gasteiger partial charge < -0.3 is 10.2 Å². The molecule has 0 fully saturated rings. The number of aliphatic hydroxyl groups is 2. The number of benzene rings is 1. The van der Waals surface area contributed by atoms with Crippen molar-refractivity contribution in [2.75, 3.05) is 5.88 Å². The van der Waals surface area contributed by atoms with Crippen molar-refractivity contribution in [3.63, 3.8) is 0 Å². The fourth-order valence-corrected chi connectivity index (χ4v) is 1.71. The van der Waals surface area contributed by atoms with E-state index in [1.165, 1.54) is 0 Å². The average Bonchev–Trinajstić information content (AvgIpc) is 2.28. The van der Waals surface area contributed by atoms with Crippen LogP contribution < -0.4 is 0 Å². The SMILES string of the molecule is Cc1cc(C(O)C(O)CCCl)ccc1C#N. The van der Waals surface area contributed by atoms with Crippen molar-refractivity contribution >= 4 is 11.6 Å². The second kappa shape index (κ2) is 5.86. The zero-order chi connectivity index (χ0) is 12.1. The molecule has 16 heavy (non-hydrogen) atoms. The minimum atomic E-state index is -0.954. The standard InChI is InChI=1S/C12H14ClNO2/c1-8-6-9(2-3-10(8)7-14)12(16)11(15)4-5-13/h2-3,6,11-12,15-16H,4-5H2,1H3. The zero-order valence-corrected chi connectivity index (χ0v) is 9.78. The number of rotatable bonds is 4. The zero-order valence-electron chi connectivity index (χ0n) is 9.02. The Labute approximate surface area is 99.9 Å². The van der Waals surface area contributed by atoms with Crippen LogP contribution in [0.3, 0.4) is 0 Å². The van der Waals surface area contributed by atoms with Crippen LogP contribution in [0.5, 0.6) is 0 Å². The molecule has 0 aliphatic heterocycles. The summed E-state index contributed by atoms with van der Waals surface area (Å²) in [6, 6.07) is 7.05. The first-order valence-electron chi connectivity index (χ1n) is 5.03. The van der Waals surface area contributed by atoms with Gasteiger partial charge in [-0.1, -0.05) is 12.1 Å². The highest BCUT2D eigenvalue weighted by Crippen LogP contribution is 2.21. The summed E-state index contributed by atoms with van der Waals surface area (Å²) in [4.78, 5) is 0. The topological polar surface area (TPSA) is 64.2 Å². The molecule has 86 valence electrons. The van der Waals surface area contributed by atoms with Gasteiger partial charge in [0.1, 0.15) is 6.10 Å². The maximum atomic E-state index is 9.82. The van der Waals surface area contributed by atoms with Gasteiger partial charge in [0.15, 0.2) is 0 Å². The lowest BCUT2D eigenvalue weighted by Crippen LogP contribution is -2.18. The Morgan fingerprint density at radius 1 is 1.44 bits per heavy atom. The van der Waals surface area contributed by atoms with Gasteiger partial charge in [0.25, 0.3) is 0 Å². The van der Waals surface area contributed by atoms with E-state index in [0.717, 1.165) is 5.56 Å². The number of hydrogen-bond donors (Lipinski definition) is 2. The maximum absolute atomic E-state index is 9.82. The minimum Gasteiger partial charge on any atom is -0.390 e. The number of aryl methyl sites for hydroxylation is 1. The van der Waals surface area contributed by atoms with Crippen LogP contribution in [0.1, 0.15) is 29.2 Å². The van der Waals surface area contributed by atoms with E-state index in [0.29, 0.717) is 23.4 Å². The summed E-state index contributed by atoms with van der Waals surface area (Å²) >= 11 is 5.49. The Bertz CT molecular complexity index is 400. The van der Waals surface area contributed by atoms with Crippen LogP contribution in [0, 0.1) is 18.3 Å². The number of hydrogen-bond acceptors (Lipinski definition) is 3. The van der Waals surface area contributed by atoms with Crippen molar-refractivity contribution in [2.45, 2.75) is 25.6 Å². The molecule has 0 aliphatic rings. The van der Waals surface area contributed by atoms with Gasteiger partial charge in [0, 0.05) is 5.88 Å². The number of halogens is 1. The van der Waals surface area contributed by atoms with E-state index >= 15 is 0 Å². The molecular weight excluding hydrogens is 226 g/mol. The van der Waals surface area contributed by atoms with Gasteiger partial charge in [-0.3, -0.25) is 0 Å². The Morgan fingerprint density at radius 2 is 2.12 bits per heavy atom. The first-order chi connectivity index (χ1) is 7.60. The van der Waals surface area contributed by atoms with Gasteiger partial charge in [-0.05, 0) is 30.5 Å². The predicted octanol–water partition coefficient (Wildman–Crippen LogP) is 1.89. The molecule has 4 heteroatoms. The summed E-state index contributed by atoms with van der Waals surface area (Å²) in [5.41, 5.74) is 1.97. The molecule has 0 heterocycles. The monoisotopic (exact) mass is 239 g/mol. The lowest BCUT2D eigenvalue weighted by Gasteiger charge is -2.17. The Balaban J connectivity index is 2.89. The van der Waals surface area contributed by atoms with Crippen LogP contribution >= 0.6 is 11.6 Å². The minimum absolute atomic E-state index is 0.299. The highest BCUT2D eigenvalue weighted by atomic mass is 35.5. The highest BCUT2D eigenvalue weighted by Gasteiger charge is 2.18. The second-order valence-electron chi connectivity index (χ2n) is 3.68. The number of nitriles is 1. The summed E-state index contributed by atoms with van der Waals surface area (Å²) in [5.74, 6) is 0.299. The van der Waals surface area contributed by atoms with Gasteiger partial charge in [0.05, 0.1) is 17.7 Å². The lowest BCUT2D eigenvalue weighted by atomic mass is 9.98. The Kier molecular flexibility index (Phi) is 4.75. The van der Waals surface area contributed by atoms with Gasteiger partial charge in [0.2, 0.25) is 0 Å². The molecule has 0 spiro atoms. The van der Waals surface area contributed by atoms with Crippen LogP contribution in [0.2, 0.25) is 0 Å². The van der Waals surface area contributed by atoms with Crippen molar-refractivity contribution < 1.29 is 10.2 Å². The molecule has 0 aromatic heterocycles. The average molecular weight is 240 g/mol. The summed E-state index contributed by atoms with van der Waals surface area (Å²) < 4.78 is 0. The molecule has 0 aliphatic carbocycles. The highest BCUT2D eigenvalue weighted by molar-refractivity contribution is 6.17. The van der Waals surface area contributed by atoms with Crippen LogP contribution in [-0.4, -0.2) is 22.2 Å². The van der Waals surface area contributed by atoms with Gasteiger partial charge in [-0.25, -0.2) is 0 Å². The third kappa shape index (κ3) is 2.96. The van der Waals surface area contributed by atoms with Crippen LogP contribution in [0.15, 0.2) is 18.2 Å². The van der Waals surface area contributed by atoms with E-state index in [1.54, 1.807) is 25.1 Å². The molecule has 0 radical (unpaired) electrons. The van der Waals surface area contributed by atoms with Crippen molar-refractivity contribution in [2.24, 2.45) is 0 Å². The molecule has 2 atom stereocenters. The molecule has 1 rings (SSSR count). The lowest BCUT2D eigenvalue weighted by molar-refractivity contribution is 0.0170. The Morgan fingerprint density at radius 3 is 2.62 bits per heavy atom. The number of aliphatic hydroxyl groups excluding tert-OH is 2. The molecule has 0 bridgehead atoms. The molecule has 1 aromatic rings. The van der Waals surface area contributed by atoms with Crippen molar-refractivity contribution in [3.8, 4) is 6.07 Å². The number of alkyl halides is 1. The van der Waals surface area contributed by atoms with E-state index in [9.17, 15) is 10.2 Å². The summed E-state index contributed by atoms with van der Waals surface area (Å²) in [5, 5.41) is 28.2. The summed E-state index contributed by atoms with van der Waals surface area (Å²) in [6.45, 7) is 1.79. The van der Waals surface area contributed by atoms with Gasteiger partial charge in [-0.15, -0.1) is 11.6 Å². The first kappa shape index (κ1) is 13.0. The van der Waals surface area contributed by atoms with Crippen molar-refractivity contribution in [3.05, 3.63) is 34.9 Å². The molecular formula is C12H14ClNO2. The van der Waals surface area contributed by atoms with E-state index in [-0.39, 0.29) is 0 Å². The Hall–Kier alpha value is -1.08. The van der Waals surface area contributed by atoms with E-state index < -0.39 is 12.2 Å². The van der Waals surface area contributed by atoms with E-state index in [2.05, 4.69) is 6.07 Å². The fourth-order valence-electron chi connectivity index (χ4n) is 1.49. The van der Waals surface area contributed by atoms with Gasteiger partial charge >= 0.3 is 0 Å². The molecule has 2 unspecified atom stereocenters. The quantitative estimate of drug-likeness (QED) is 0.789. The molecule has 3 nitrogen and oxygen atoms in total. The maximum Gasteiger partial charge on any atom is 0.105 e. The molecule has 0 saturated carbocycles. The third-order valence-electron chi connectivity index (χ3n) is 2.48. The fraction of sp³-hybridized carbons (Fsp3) is 0.417. The van der Waals surface area contributed by atoms with E-state index in [4.69, 9.17) is 16.9 Å². The third-order valence-corrected chi connectivity index (χ3v) is 2.70. The molecule has 0 amide bonds. The predicted molar refractivity (Wildman–Crippen MR) is 62.2 cm³/mol.